The molecule has 0 fully saturated rings. The summed E-state index contributed by atoms with van der Waals surface area (Å²) in [7, 11) is 1.70. The van der Waals surface area contributed by atoms with Gasteiger partial charge < -0.3 is 10.1 Å². The minimum atomic E-state index is 0.184. The van der Waals surface area contributed by atoms with Crippen LogP contribution in [0.15, 0.2) is 6.07 Å². The second kappa shape index (κ2) is 6.34. The molecular weight excluding hydrogens is 274 g/mol. The van der Waals surface area contributed by atoms with Crippen molar-refractivity contribution < 1.29 is 4.74 Å². The highest BCUT2D eigenvalue weighted by molar-refractivity contribution is 7.18. The molecule has 0 aliphatic carbocycles. The summed E-state index contributed by atoms with van der Waals surface area (Å²) in [5, 5.41) is 4.47. The van der Waals surface area contributed by atoms with Crippen molar-refractivity contribution in [3.8, 4) is 0 Å². The van der Waals surface area contributed by atoms with Crippen LogP contribution in [0.1, 0.15) is 18.7 Å². The first kappa shape index (κ1) is 15.0. The second-order valence-corrected chi connectivity index (χ2v) is 6.30. The molecule has 110 valence electrons. The summed E-state index contributed by atoms with van der Waals surface area (Å²) >= 11 is 1.63. The second-order valence-electron chi connectivity index (χ2n) is 5.07. The summed E-state index contributed by atoms with van der Waals surface area (Å²) in [6.07, 6.45) is 0. The van der Waals surface area contributed by atoms with Gasteiger partial charge in [0.25, 0.3) is 0 Å². The van der Waals surface area contributed by atoms with Crippen LogP contribution in [-0.2, 0) is 4.74 Å². The molecule has 0 amide bonds. The van der Waals surface area contributed by atoms with E-state index < -0.39 is 0 Å². The monoisotopic (exact) mass is 295 g/mol. The SMILES string of the molecule is COCC(Nc1nc(NN)nc2sc(C)cc12)C(C)C. The zero-order valence-corrected chi connectivity index (χ0v) is 13.0. The van der Waals surface area contributed by atoms with Gasteiger partial charge in [-0.25, -0.2) is 10.8 Å². The lowest BCUT2D eigenvalue weighted by molar-refractivity contribution is 0.171. The van der Waals surface area contributed by atoms with Crippen molar-refractivity contribution in [1.82, 2.24) is 9.97 Å². The van der Waals surface area contributed by atoms with E-state index in [2.05, 4.69) is 47.5 Å². The van der Waals surface area contributed by atoms with Gasteiger partial charge in [-0.05, 0) is 18.9 Å². The topological polar surface area (TPSA) is 85.1 Å². The number of aromatic nitrogens is 2. The molecule has 2 aromatic rings. The summed E-state index contributed by atoms with van der Waals surface area (Å²) in [5.41, 5.74) is 2.52. The molecule has 2 heterocycles. The Morgan fingerprint density at radius 1 is 1.40 bits per heavy atom. The highest BCUT2D eigenvalue weighted by atomic mass is 32.1. The van der Waals surface area contributed by atoms with Gasteiger partial charge in [0.05, 0.1) is 18.0 Å². The van der Waals surface area contributed by atoms with Crippen LogP contribution in [0.4, 0.5) is 11.8 Å². The zero-order chi connectivity index (χ0) is 14.7. The Hall–Kier alpha value is -1.44. The average Bonchev–Trinajstić information content (AvgIpc) is 2.78. The first-order valence-corrected chi connectivity index (χ1v) is 7.37. The summed E-state index contributed by atoms with van der Waals surface area (Å²) < 4.78 is 5.27. The number of rotatable bonds is 6. The van der Waals surface area contributed by atoms with E-state index in [9.17, 15) is 0 Å². The highest BCUT2D eigenvalue weighted by Gasteiger charge is 2.17. The number of ether oxygens (including phenoxy) is 1. The molecule has 2 aromatic heterocycles. The first-order valence-electron chi connectivity index (χ1n) is 6.55. The van der Waals surface area contributed by atoms with Gasteiger partial charge in [0.1, 0.15) is 10.6 Å². The highest BCUT2D eigenvalue weighted by Crippen LogP contribution is 2.30. The first-order chi connectivity index (χ1) is 9.55. The molecule has 0 radical (unpaired) electrons. The molecule has 0 bridgehead atoms. The maximum absolute atomic E-state index is 5.44. The number of thiophene rings is 1. The number of nitrogens with two attached hydrogens (primary N) is 1. The van der Waals surface area contributed by atoms with Gasteiger partial charge in [-0.1, -0.05) is 13.8 Å². The summed E-state index contributed by atoms with van der Waals surface area (Å²) in [6.45, 7) is 6.98. The van der Waals surface area contributed by atoms with Gasteiger partial charge in [0, 0.05) is 12.0 Å². The molecule has 0 saturated heterocycles. The van der Waals surface area contributed by atoms with Crippen molar-refractivity contribution in [2.75, 3.05) is 24.5 Å². The van der Waals surface area contributed by atoms with E-state index in [-0.39, 0.29) is 6.04 Å². The molecule has 0 saturated carbocycles. The fraction of sp³-hybridized carbons (Fsp3) is 0.538. The van der Waals surface area contributed by atoms with E-state index in [1.54, 1.807) is 18.4 Å². The van der Waals surface area contributed by atoms with Crippen molar-refractivity contribution in [2.45, 2.75) is 26.8 Å². The molecule has 0 aromatic carbocycles. The number of anilines is 2. The van der Waals surface area contributed by atoms with Crippen molar-refractivity contribution in [1.29, 1.82) is 0 Å². The number of nitrogens with one attached hydrogen (secondary N) is 2. The normalized spacial score (nSPS) is 12.9. The largest absolute Gasteiger partial charge is 0.383 e. The van der Waals surface area contributed by atoms with Gasteiger partial charge in [0.2, 0.25) is 5.95 Å². The smallest absolute Gasteiger partial charge is 0.240 e. The summed E-state index contributed by atoms with van der Waals surface area (Å²) in [6, 6.07) is 2.27. The van der Waals surface area contributed by atoms with Crippen LogP contribution in [0.2, 0.25) is 0 Å². The van der Waals surface area contributed by atoms with Crippen LogP contribution in [0.25, 0.3) is 10.2 Å². The average molecular weight is 295 g/mol. The van der Waals surface area contributed by atoms with Gasteiger partial charge >= 0.3 is 0 Å². The Balaban J connectivity index is 2.40. The Bertz CT molecular complexity index is 583. The van der Waals surface area contributed by atoms with Crippen LogP contribution in [-0.4, -0.2) is 29.7 Å². The maximum atomic E-state index is 5.44. The zero-order valence-electron chi connectivity index (χ0n) is 12.2. The molecular formula is C13H21N5OS. The summed E-state index contributed by atoms with van der Waals surface area (Å²) in [5.74, 6) is 7.08. The lowest BCUT2D eigenvalue weighted by atomic mass is 10.1. The lowest BCUT2D eigenvalue weighted by Gasteiger charge is -2.22. The van der Waals surface area contributed by atoms with E-state index in [1.807, 2.05) is 0 Å². The minimum absolute atomic E-state index is 0.184. The van der Waals surface area contributed by atoms with E-state index in [1.165, 1.54) is 4.88 Å². The third-order valence-electron chi connectivity index (χ3n) is 3.12. The van der Waals surface area contributed by atoms with Crippen LogP contribution >= 0.6 is 11.3 Å². The standard InChI is InChI=1S/C13H21N5OS/c1-7(2)10(6-19-4)15-11-9-5-8(3)20-12(9)17-13(16-11)18-14/h5,7,10H,6,14H2,1-4H3,(H2,15,16,17,18). The molecule has 1 unspecified atom stereocenters. The van der Waals surface area contributed by atoms with Crippen LogP contribution in [0, 0.1) is 12.8 Å². The van der Waals surface area contributed by atoms with Crippen molar-refractivity contribution >= 4 is 33.3 Å². The van der Waals surface area contributed by atoms with Crippen molar-refractivity contribution in [2.24, 2.45) is 11.8 Å². The Kier molecular flexibility index (Phi) is 4.74. The third kappa shape index (κ3) is 3.17. The number of hydrogen-bond acceptors (Lipinski definition) is 7. The molecule has 0 spiro atoms. The molecule has 1 atom stereocenters. The number of fused-ring (bicyclic) bond motifs is 1. The predicted octanol–water partition coefficient (Wildman–Crippen LogP) is 2.37. The van der Waals surface area contributed by atoms with Crippen molar-refractivity contribution in [3.05, 3.63) is 10.9 Å². The molecule has 4 N–H and O–H groups in total. The van der Waals surface area contributed by atoms with Crippen molar-refractivity contribution in [3.63, 3.8) is 0 Å². The van der Waals surface area contributed by atoms with Gasteiger partial charge in [0.15, 0.2) is 0 Å². The summed E-state index contributed by atoms with van der Waals surface area (Å²) in [4.78, 5) is 10.9. The Labute approximate surface area is 122 Å². The van der Waals surface area contributed by atoms with Gasteiger partial charge in [-0.2, -0.15) is 4.98 Å². The Morgan fingerprint density at radius 2 is 2.15 bits per heavy atom. The number of aryl methyl sites for hydroxylation is 1. The fourth-order valence-electron chi connectivity index (χ4n) is 1.97. The van der Waals surface area contributed by atoms with E-state index in [0.717, 1.165) is 16.0 Å². The number of hydrogen-bond donors (Lipinski definition) is 3. The molecule has 0 aliphatic heterocycles. The number of hydrazine groups is 1. The minimum Gasteiger partial charge on any atom is -0.383 e. The number of methoxy groups -OCH3 is 1. The predicted molar refractivity (Wildman–Crippen MR) is 84.1 cm³/mol. The van der Waals surface area contributed by atoms with E-state index >= 15 is 0 Å². The van der Waals surface area contributed by atoms with E-state index in [4.69, 9.17) is 10.6 Å². The molecule has 6 nitrogen and oxygen atoms in total. The van der Waals surface area contributed by atoms with Crippen LogP contribution in [0.3, 0.4) is 0 Å². The van der Waals surface area contributed by atoms with E-state index in [0.29, 0.717) is 18.5 Å². The van der Waals surface area contributed by atoms with Gasteiger partial charge in [-0.15, -0.1) is 11.3 Å². The quantitative estimate of drug-likeness (QED) is 0.560. The van der Waals surface area contributed by atoms with Crippen LogP contribution < -0.4 is 16.6 Å². The molecule has 0 aliphatic rings. The lowest BCUT2D eigenvalue weighted by Crippen LogP contribution is -2.31. The molecule has 20 heavy (non-hydrogen) atoms. The molecule has 2 rings (SSSR count). The number of nitrogens with zero attached hydrogens (tertiary/aromatic N) is 2. The Morgan fingerprint density at radius 3 is 2.75 bits per heavy atom. The maximum Gasteiger partial charge on any atom is 0.240 e. The molecule has 7 heteroatoms. The van der Waals surface area contributed by atoms with Gasteiger partial charge in [-0.3, -0.25) is 5.43 Å². The number of nitrogen functional groups attached to an aromatic ring is 1. The fourth-order valence-corrected chi connectivity index (χ4v) is 2.85. The van der Waals surface area contributed by atoms with Crippen LogP contribution in [0.5, 0.6) is 0 Å². The third-order valence-corrected chi connectivity index (χ3v) is 4.06.